The lowest BCUT2D eigenvalue weighted by Gasteiger charge is -2.12. The van der Waals surface area contributed by atoms with Crippen LogP contribution < -0.4 is 14.8 Å². The molecule has 0 atom stereocenters. The lowest BCUT2D eigenvalue weighted by atomic mass is 10.2. The highest BCUT2D eigenvalue weighted by atomic mass is 35.5. The number of thioether (sulfide) groups is 1. The van der Waals surface area contributed by atoms with Crippen molar-refractivity contribution in [3.8, 4) is 17.2 Å². The first kappa shape index (κ1) is 23.7. The van der Waals surface area contributed by atoms with E-state index < -0.39 is 0 Å². The van der Waals surface area contributed by atoms with Gasteiger partial charge in [0.15, 0.2) is 11.0 Å². The molecular formula is C25H23ClN4O3S. The van der Waals surface area contributed by atoms with E-state index in [2.05, 4.69) is 15.5 Å². The van der Waals surface area contributed by atoms with E-state index in [1.165, 1.54) is 11.8 Å². The topological polar surface area (TPSA) is 78.3 Å². The van der Waals surface area contributed by atoms with E-state index >= 15 is 0 Å². The Balaban J connectivity index is 1.53. The Bertz CT molecular complexity index is 1280. The van der Waals surface area contributed by atoms with Crippen LogP contribution in [0.5, 0.6) is 11.5 Å². The van der Waals surface area contributed by atoms with Crippen LogP contribution in [0.15, 0.2) is 78.0 Å². The Labute approximate surface area is 207 Å². The SMILES string of the molecule is COc1ccc(-n2c(COc3cccc(C)c3)nnc2SCC(=O)Nc2ccccc2Cl)cc1. The van der Waals surface area contributed by atoms with Crippen molar-refractivity contribution in [1.82, 2.24) is 14.8 Å². The largest absolute Gasteiger partial charge is 0.497 e. The van der Waals surface area contributed by atoms with Crippen molar-refractivity contribution in [3.05, 3.63) is 89.2 Å². The number of nitrogens with one attached hydrogen (secondary N) is 1. The number of methoxy groups -OCH3 is 1. The van der Waals surface area contributed by atoms with Gasteiger partial charge in [0.25, 0.3) is 0 Å². The Morgan fingerprint density at radius 1 is 1.03 bits per heavy atom. The smallest absolute Gasteiger partial charge is 0.234 e. The van der Waals surface area contributed by atoms with Gasteiger partial charge in [-0.25, -0.2) is 0 Å². The monoisotopic (exact) mass is 494 g/mol. The molecule has 0 fully saturated rings. The Morgan fingerprint density at radius 2 is 1.82 bits per heavy atom. The fraction of sp³-hybridized carbons (Fsp3) is 0.160. The zero-order valence-corrected chi connectivity index (χ0v) is 20.3. The molecule has 9 heteroatoms. The third-order valence-electron chi connectivity index (χ3n) is 4.87. The van der Waals surface area contributed by atoms with Crippen molar-refractivity contribution in [1.29, 1.82) is 0 Å². The average Bonchev–Trinajstić information content (AvgIpc) is 3.26. The van der Waals surface area contributed by atoms with Crippen LogP contribution in [0.25, 0.3) is 5.69 Å². The van der Waals surface area contributed by atoms with E-state index in [-0.39, 0.29) is 18.3 Å². The number of anilines is 1. The van der Waals surface area contributed by atoms with Crippen LogP contribution >= 0.6 is 23.4 Å². The van der Waals surface area contributed by atoms with Crippen molar-refractivity contribution in [2.24, 2.45) is 0 Å². The second kappa shape index (κ2) is 11.1. The minimum atomic E-state index is -0.194. The van der Waals surface area contributed by atoms with E-state index in [9.17, 15) is 4.79 Å². The molecule has 0 aliphatic rings. The Kier molecular flexibility index (Phi) is 7.72. The van der Waals surface area contributed by atoms with Crippen LogP contribution in [-0.4, -0.2) is 33.5 Å². The summed E-state index contributed by atoms with van der Waals surface area (Å²) in [6, 6.07) is 22.5. The lowest BCUT2D eigenvalue weighted by Crippen LogP contribution is -2.15. The maximum atomic E-state index is 12.5. The van der Waals surface area contributed by atoms with Gasteiger partial charge in [-0.15, -0.1) is 10.2 Å². The van der Waals surface area contributed by atoms with Gasteiger partial charge in [-0.3, -0.25) is 9.36 Å². The molecule has 0 saturated carbocycles. The zero-order valence-electron chi connectivity index (χ0n) is 18.7. The number of carbonyl (C=O) groups excluding carboxylic acids is 1. The highest BCUT2D eigenvalue weighted by Crippen LogP contribution is 2.26. The minimum absolute atomic E-state index is 0.137. The molecule has 1 aromatic heterocycles. The van der Waals surface area contributed by atoms with Gasteiger partial charge in [-0.05, 0) is 61.0 Å². The van der Waals surface area contributed by atoms with Crippen molar-refractivity contribution in [2.75, 3.05) is 18.2 Å². The fourth-order valence-corrected chi connectivity index (χ4v) is 4.16. The highest BCUT2D eigenvalue weighted by Gasteiger charge is 2.17. The summed E-state index contributed by atoms with van der Waals surface area (Å²) in [5.41, 5.74) is 2.51. The molecule has 1 amide bonds. The number of benzene rings is 3. The third kappa shape index (κ3) is 5.89. The fourth-order valence-electron chi connectivity index (χ4n) is 3.21. The first-order valence-corrected chi connectivity index (χ1v) is 11.8. The first-order chi connectivity index (χ1) is 16.5. The second-order valence-electron chi connectivity index (χ2n) is 7.35. The molecule has 0 saturated heterocycles. The van der Waals surface area contributed by atoms with Gasteiger partial charge in [-0.2, -0.15) is 0 Å². The number of para-hydroxylation sites is 1. The van der Waals surface area contributed by atoms with Gasteiger partial charge in [0.2, 0.25) is 5.91 Å². The van der Waals surface area contributed by atoms with Gasteiger partial charge in [0, 0.05) is 5.69 Å². The summed E-state index contributed by atoms with van der Waals surface area (Å²) in [4.78, 5) is 12.5. The number of aromatic nitrogens is 3. The second-order valence-corrected chi connectivity index (χ2v) is 8.70. The van der Waals surface area contributed by atoms with E-state index in [0.717, 1.165) is 22.7 Å². The summed E-state index contributed by atoms with van der Waals surface area (Å²) < 4.78 is 13.1. The van der Waals surface area contributed by atoms with Crippen LogP contribution in [0, 0.1) is 6.92 Å². The van der Waals surface area contributed by atoms with Crippen molar-refractivity contribution in [2.45, 2.75) is 18.7 Å². The summed E-state index contributed by atoms with van der Waals surface area (Å²) in [5, 5.41) is 12.5. The van der Waals surface area contributed by atoms with Crippen LogP contribution in [-0.2, 0) is 11.4 Å². The number of amides is 1. The number of nitrogens with zero attached hydrogens (tertiary/aromatic N) is 3. The molecule has 0 bridgehead atoms. The van der Waals surface area contributed by atoms with Crippen molar-refractivity contribution < 1.29 is 14.3 Å². The average molecular weight is 495 g/mol. The van der Waals surface area contributed by atoms with Crippen LogP contribution in [0.4, 0.5) is 5.69 Å². The number of hydrogen-bond donors (Lipinski definition) is 1. The molecule has 1 N–H and O–H groups in total. The summed E-state index contributed by atoms with van der Waals surface area (Å²) in [5.74, 6) is 2.04. The molecule has 1 heterocycles. The summed E-state index contributed by atoms with van der Waals surface area (Å²) in [6.07, 6.45) is 0. The Hall–Kier alpha value is -3.49. The van der Waals surface area contributed by atoms with Gasteiger partial charge >= 0.3 is 0 Å². The number of halogens is 1. The van der Waals surface area contributed by atoms with E-state index in [4.69, 9.17) is 21.1 Å². The normalized spacial score (nSPS) is 10.7. The molecule has 0 radical (unpaired) electrons. The standard InChI is InChI=1S/C25H23ClN4O3S/c1-17-6-5-7-20(14-17)33-15-23-28-29-25(30(23)18-10-12-19(32-2)13-11-18)34-16-24(31)27-22-9-4-3-8-21(22)26/h3-14H,15-16H2,1-2H3,(H,27,31). The zero-order chi connectivity index (χ0) is 23.9. The van der Waals surface area contributed by atoms with Crippen molar-refractivity contribution >= 4 is 35.0 Å². The summed E-state index contributed by atoms with van der Waals surface area (Å²) in [7, 11) is 1.62. The predicted octanol–water partition coefficient (Wildman–Crippen LogP) is 5.55. The molecule has 4 rings (SSSR count). The number of hydrogen-bond acceptors (Lipinski definition) is 6. The predicted molar refractivity (Wildman–Crippen MR) is 134 cm³/mol. The maximum Gasteiger partial charge on any atom is 0.234 e. The quantitative estimate of drug-likeness (QED) is 0.307. The molecule has 34 heavy (non-hydrogen) atoms. The number of rotatable bonds is 9. The molecule has 0 aliphatic carbocycles. The van der Waals surface area contributed by atoms with Crippen LogP contribution in [0.2, 0.25) is 5.02 Å². The molecular weight excluding hydrogens is 472 g/mol. The van der Waals surface area contributed by atoms with E-state index in [1.807, 2.05) is 72.2 Å². The summed E-state index contributed by atoms with van der Waals surface area (Å²) >= 11 is 7.42. The minimum Gasteiger partial charge on any atom is -0.497 e. The van der Waals surface area contributed by atoms with Crippen LogP contribution in [0.1, 0.15) is 11.4 Å². The number of carbonyl (C=O) groups is 1. The number of aryl methyl sites for hydroxylation is 1. The van der Waals surface area contributed by atoms with E-state index in [1.54, 1.807) is 19.2 Å². The summed E-state index contributed by atoms with van der Waals surface area (Å²) in [6.45, 7) is 2.23. The van der Waals surface area contributed by atoms with Gasteiger partial charge in [0.05, 0.1) is 23.6 Å². The Morgan fingerprint density at radius 3 is 2.56 bits per heavy atom. The molecule has 174 valence electrons. The number of ether oxygens (including phenoxy) is 2. The molecule has 3 aromatic carbocycles. The molecule has 0 unspecified atom stereocenters. The molecule has 7 nitrogen and oxygen atoms in total. The molecule has 4 aromatic rings. The highest BCUT2D eigenvalue weighted by molar-refractivity contribution is 7.99. The maximum absolute atomic E-state index is 12.5. The molecule has 0 aliphatic heterocycles. The van der Waals surface area contributed by atoms with Gasteiger partial charge in [-0.1, -0.05) is 47.6 Å². The van der Waals surface area contributed by atoms with Gasteiger partial charge in [0.1, 0.15) is 18.1 Å². The van der Waals surface area contributed by atoms with Crippen LogP contribution in [0.3, 0.4) is 0 Å². The lowest BCUT2D eigenvalue weighted by molar-refractivity contribution is -0.113. The van der Waals surface area contributed by atoms with E-state index in [0.29, 0.717) is 21.7 Å². The first-order valence-electron chi connectivity index (χ1n) is 10.5. The third-order valence-corrected chi connectivity index (χ3v) is 6.13. The molecule has 0 spiro atoms. The van der Waals surface area contributed by atoms with Crippen molar-refractivity contribution in [3.63, 3.8) is 0 Å². The van der Waals surface area contributed by atoms with Gasteiger partial charge < -0.3 is 14.8 Å².